The maximum Gasteiger partial charge on any atom is 0.255 e. The molecule has 0 radical (unpaired) electrons. The molecule has 0 saturated carbocycles. The minimum Gasteiger partial charge on any atom is -0.371 e. The van der Waals surface area contributed by atoms with E-state index in [-0.39, 0.29) is 5.91 Å². The summed E-state index contributed by atoms with van der Waals surface area (Å²) in [5, 5.41) is 3.82. The third kappa shape index (κ3) is 3.27. The zero-order valence-electron chi connectivity index (χ0n) is 14.6. The van der Waals surface area contributed by atoms with E-state index >= 15 is 0 Å². The summed E-state index contributed by atoms with van der Waals surface area (Å²) in [7, 11) is 0. The average molecular weight is 369 g/mol. The lowest BCUT2D eigenvalue weighted by Crippen LogP contribution is -2.31. The van der Waals surface area contributed by atoms with Crippen molar-refractivity contribution in [2.24, 2.45) is 5.92 Å². The second-order valence-electron chi connectivity index (χ2n) is 6.84. The van der Waals surface area contributed by atoms with Crippen LogP contribution < -0.4 is 10.2 Å². The number of carbonyl (C=O) groups excluding carboxylic acids is 1. The van der Waals surface area contributed by atoms with Crippen molar-refractivity contribution in [3.63, 3.8) is 0 Å². The molecule has 5 nitrogen and oxygen atoms in total. The molecule has 4 rings (SSSR count). The number of aromatic amines is 1. The van der Waals surface area contributed by atoms with E-state index in [9.17, 15) is 4.79 Å². The number of H-pyrrole nitrogens is 1. The fraction of sp³-hybridized carbons (Fsp3) is 0.300. The van der Waals surface area contributed by atoms with E-state index in [0.717, 1.165) is 30.0 Å². The van der Waals surface area contributed by atoms with Crippen molar-refractivity contribution in [1.29, 1.82) is 0 Å². The second kappa shape index (κ2) is 7.00. The number of carbonyl (C=O) groups is 1. The summed E-state index contributed by atoms with van der Waals surface area (Å²) in [5.74, 6) is 0.350. The summed E-state index contributed by atoms with van der Waals surface area (Å²) in [5.41, 5.74) is 4.60. The summed E-state index contributed by atoms with van der Waals surface area (Å²) < 4.78 is 0. The molecule has 2 N–H and O–H groups in total. The van der Waals surface area contributed by atoms with Crippen LogP contribution in [0.4, 0.5) is 5.69 Å². The lowest BCUT2D eigenvalue weighted by Gasteiger charge is -2.21. The number of amides is 1. The van der Waals surface area contributed by atoms with Gasteiger partial charge in [-0.1, -0.05) is 17.7 Å². The van der Waals surface area contributed by atoms with E-state index in [4.69, 9.17) is 11.6 Å². The van der Waals surface area contributed by atoms with Crippen LogP contribution in [0.5, 0.6) is 0 Å². The molecule has 1 aliphatic rings. The molecule has 2 aromatic heterocycles. The molecule has 1 saturated heterocycles. The lowest BCUT2D eigenvalue weighted by molar-refractivity contribution is 0.0950. The van der Waals surface area contributed by atoms with Crippen LogP contribution in [0, 0.1) is 12.8 Å². The molecular formula is C20H21ClN4O. The Hall–Kier alpha value is -2.53. The van der Waals surface area contributed by atoms with Crippen molar-refractivity contribution in [3.05, 3.63) is 58.9 Å². The van der Waals surface area contributed by atoms with Gasteiger partial charge >= 0.3 is 0 Å². The van der Waals surface area contributed by atoms with Gasteiger partial charge in [-0.25, -0.2) is 0 Å². The van der Waals surface area contributed by atoms with Crippen molar-refractivity contribution in [2.45, 2.75) is 13.3 Å². The quantitative estimate of drug-likeness (QED) is 0.736. The Morgan fingerprint density at radius 3 is 3.19 bits per heavy atom. The molecule has 26 heavy (non-hydrogen) atoms. The largest absolute Gasteiger partial charge is 0.371 e. The predicted octanol–water partition coefficient (Wildman–Crippen LogP) is 3.78. The van der Waals surface area contributed by atoms with Gasteiger partial charge in [-0.15, -0.1) is 0 Å². The van der Waals surface area contributed by atoms with Crippen LogP contribution >= 0.6 is 11.6 Å². The number of hydrogen-bond donors (Lipinski definition) is 2. The zero-order valence-corrected chi connectivity index (χ0v) is 15.4. The van der Waals surface area contributed by atoms with Gasteiger partial charge in [-0.05, 0) is 49.1 Å². The average Bonchev–Trinajstić information content (AvgIpc) is 3.28. The molecule has 0 bridgehead atoms. The number of fused-ring (bicyclic) bond motifs is 1. The zero-order chi connectivity index (χ0) is 18.1. The van der Waals surface area contributed by atoms with E-state index in [1.54, 1.807) is 12.4 Å². The summed E-state index contributed by atoms with van der Waals surface area (Å²) in [6.07, 6.45) is 4.48. The Bertz CT molecular complexity index is 952. The van der Waals surface area contributed by atoms with Crippen LogP contribution in [0.3, 0.4) is 0 Å². The van der Waals surface area contributed by atoms with Crippen molar-refractivity contribution in [1.82, 2.24) is 15.3 Å². The number of nitrogens with zero attached hydrogens (tertiary/aromatic N) is 2. The minimum absolute atomic E-state index is 0.0765. The number of nitrogens with one attached hydrogen (secondary N) is 2. The first-order valence-electron chi connectivity index (χ1n) is 8.83. The van der Waals surface area contributed by atoms with Crippen LogP contribution in [-0.2, 0) is 0 Å². The molecule has 134 valence electrons. The van der Waals surface area contributed by atoms with E-state index in [1.807, 2.05) is 24.3 Å². The van der Waals surface area contributed by atoms with Gasteiger partial charge in [0, 0.05) is 42.7 Å². The highest BCUT2D eigenvalue weighted by molar-refractivity contribution is 6.30. The number of rotatable bonds is 4. The highest BCUT2D eigenvalue weighted by Crippen LogP contribution is 2.29. The van der Waals surface area contributed by atoms with Gasteiger partial charge in [0.05, 0.1) is 11.1 Å². The Kier molecular flexibility index (Phi) is 4.55. The molecule has 1 unspecified atom stereocenters. The standard InChI is InChI=1S/C20H21ClN4O/c1-13-4-5-15(21)9-18(13)25-8-6-14(12-25)10-24-20(26)16-11-23-17-3-2-7-22-19(16)17/h2-5,7,9,11,14,23H,6,8,10,12H2,1H3,(H,24,26). The third-order valence-corrected chi connectivity index (χ3v) is 5.26. The maximum absolute atomic E-state index is 12.5. The molecule has 1 aromatic carbocycles. The first-order chi connectivity index (χ1) is 12.6. The van der Waals surface area contributed by atoms with E-state index < -0.39 is 0 Å². The van der Waals surface area contributed by atoms with Crippen LogP contribution in [0.2, 0.25) is 5.02 Å². The van der Waals surface area contributed by atoms with E-state index in [0.29, 0.717) is 23.5 Å². The summed E-state index contributed by atoms with van der Waals surface area (Å²) in [4.78, 5) is 22.3. The van der Waals surface area contributed by atoms with Crippen LogP contribution in [0.1, 0.15) is 22.3 Å². The monoisotopic (exact) mass is 368 g/mol. The Labute approximate surface area is 157 Å². The fourth-order valence-electron chi connectivity index (χ4n) is 3.60. The van der Waals surface area contributed by atoms with Gasteiger partial charge < -0.3 is 15.2 Å². The summed E-state index contributed by atoms with van der Waals surface area (Å²) in [6.45, 7) is 4.67. The number of anilines is 1. The van der Waals surface area contributed by atoms with Gasteiger partial charge in [0.1, 0.15) is 5.52 Å². The molecule has 1 fully saturated rings. The smallest absolute Gasteiger partial charge is 0.255 e. The van der Waals surface area contributed by atoms with Gasteiger partial charge in [-0.2, -0.15) is 0 Å². The molecule has 1 aliphatic heterocycles. The molecule has 1 atom stereocenters. The van der Waals surface area contributed by atoms with Gasteiger partial charge in [-0.3, -0.25) is 9.78 Å². The highest BCUT2D eigenvalue weighted by Gasteiger charge is 2.24. The van der Waals surface area contributed by atoms with Crippen molar-refractivity contribution in [3.8, 4) is 0 Å². The van der Waals surface area contributed by atoms with Crippen molar-refractivity contribution >= 4 is 34.2 Å². The number of aromatic nitrogens is 2. The summed E-state index contributed by atoms with van der Waals surface area (Å²) in [6, 6.07) is 9.77. The Balaban J connectivity index is 1.38. The Morgan fingerprint density at radius 1 is 1.42 bits per heavy atom. The number of hydrogen-bond acceptors (Lipinski definition) is 3. The van der Waals surface area contributed by atoms with Crippen LogP contribution in [0.15, 0.2) is 42.7 Å². The summed E-state index contributed by atoms with van der Waals surface area (Å²) >= 11 is 6.15. The Morgan fingerprint density at radius 2 is 2.31 bits per heavy atom. The molecule has 0 spiro atoms. The first kappa shape index (κ1) is 16.9. The lowest BCUT2D eigenvalue weighted by atomic mass is 10.1. The number of benzene rings is 1. The molecule has 3 heterocycles. The third-order valence-electron chi connectivity index (χ3n) is 5.03. The second-order valence-corrected chi connectivity index (χ2v) is 7.28. The van der Waals surface area contributed by atoms with Gasteiger partial charge in [0.2, 0.25) is 0 Å². The van der Waals surface area contributed by atoms with E-state index in [2.05, 4.69) is 33.2 Å². The van der Waals surface area contributed by atoms with Crippen molar-refractivity contribution in [2.75, 3.05) is 24.5 Å². The van der Waals surface area contributed by atoms with Crippen molar-refractivity contribution < 1.29 is 4.79 Å². The molecule has 3 aromatic rings. The number of pyridine rings is 1. The van der Waals surface area contributed by atoms with Gasteiger partial charge in [0.15, 0.2) is 0 Å². The molecule has 0 aliphatic carbocycles. The SMILES string of the molecule is Cc1ccc(Cl)cc1N1CCC(CNC(=O)c2c[nH]c3cccnc23)C1. The number of aryl methyl sites for hydroxylation is 1. The minimum atomic E-state index is -0.0765. The van der Waals surface area contributed by atoms with Crippen LogP contribution in [-0.4, -0.2) is 35.5 Å². The predicted molar refractivity (Wildman–Crippen MR) is 105 cm³/mol. The molecule has 1 amide bonds. The first-order valence-corrected chi connectivity index (χ1v) is 9.21. The number of halogens is 1. The van der Waals surface area contributed by atoms with Gasteiger partial charge in [0.25, 0.3) is 5.91 Å². The van der Waals surface area contributed by atoms with Crippen LogP contribution in [0.25, 0.3) is 11.0 Å². The molecule has 6 heteroatoms. The fourth-order valence-corrected chi connectivity index (χ4v) is 3.77. The highest BCUT2D eigenvalue weighted by atomic mass is 35.5. The maximum atomic E-state index is 12.5. The normalized spacial score (nSPS) is 17.0. The molecular weight excluding hydrogens is 348 g/mol. The topological polar surface area (TPSA) is 61.0 Å². The van der Waals surface area contributed by atoms with E-state index in [1.165, 1.54) is 11.3 Å².